The molecule has 0 aromatic carbocycles. The number of aryl methyl sites for hydroxylation is 1. The molecule has 15 heavy (non-hydrogen) atoms. The van der Waals surface area contributed by atoms with Crippen LogP contribution in [0.15, 0.2) is 12.4 Å². The largest absolute Gasteiger partial charge is 0.390 e. The lowest BCUT2D eigenvalue weighted by atomic mass is 10.2. The summed E-state index contributed by atoms with van der Waals surface area (Å²) >= 11 is 0. The average Bonchev–Trinajstić information content (AvgIpc) is 2.59. The van der Waals surface area contributed by atoms with E-state index in [4.69, 9.17) is 5.11 Å². The van der Waals surface area contributed by atoms with Crippen LogP contribution in [0.3, 0.4) is 0 Å². The van der Waals surface area contributed by atoms with E-state index < -0.39 is 19.1 Å². The quantitative estimate of drug-likeness (QED) is 0.671. The molecule has 86 valence electrons. The van der Waals surface area contributed by atoms with Crippen LogP contribution in [0.25, 0.3) is 0 Å². The zero-order chi connectivity index (χ0) is 11.3. The molecular formula is C9H15F2N3O. The normalized spacial score (nSPS) is 12.0. The molecule has 0 bridgehead atoms. The Hall–Kier alpha value is -1.01. The number of nitrogens with zero attached hydrogens (tertiary/aromatic N) is 2. The van der Waals surface area contributed by atoms with Crippen LogP contribution < -0.4 is 5.32 Å². The van der Waals surface area contributed by atoms with Gasteiger partial charge < -0.3 is 10.4 Å². The van der Waals surface area contributed by atoms with Gasteiger partial charge in [0.25, 0.3) is 5.92 Å². The first-order valence-electron chi connectivity index (χ1n) is 4.70. The summed E-state index contributed by atoms with van der Waals surface area (Å²) in [6, 6.07) is 0. The summed E-state index contributed by atoms with van der Waals surface area (Å²) in [5, 5.41) is 14.9. The fourth-order valence-corrected chi connectivity index (χ4v) is 1.16. The standard InChI is InChI=1S/C9H15F2N3O/c1-14-5-8(4-13-14)2-3-12-6-9(10,11)7-15/h4-5,12,15H,2-3,6-7H2,1H3. The molecule has 2 N–H and O–H groups in total. The van der Waals surface area contributed by atoms with Crippen molar-refractivity contribution < 1.29 is 13.9 Å². The smallest absolute Gasteiger partial charge is 0.282 e. The van der Waals surface area contributed by atoms with Crippen molar-refractivity contribution in [2.24, 2.45) is 7.05 Å². The molecule has 1 rings (SSSR count). The predicted octanol–water partition coefficient (Wildman–Crippen LogP) is 0.180. The third-order valence-electron chi connectivity index (χ3n) is 1.96. The number of aromatic nitrogens is 2. The van der Waals surface area contributed by atoms with E-state index in [0.29, 0.717) is 13.0 Å². The summed E-state index contributed by atoms with van der Waals surface area (Å²) in [4.78, 5) is 0. The van der Waals surface area contributed by atoms with Gasteiger partial charge in [0.05, 0.1) is 12.7 Å². The SMILES string of the molecule is Cn1cc(CCNCC(F)(F)CO)cn1. The van der Waals surface area contributed by atoms with E-state index in [1.165, 1.54) is 0 Å². The molecule has 0 fully saturated rings. The Labute approximate surface area is 86.9 Å². The highest BCUT2D eigenvalue weighted by Crippen LogP contribution is 2.09. The highest BCUT2D eigenvalue weighted by Gasteiger charge is 2.26. The number of hydrogen-bond donors (Lipinski definition) is 2. The number of halogens is 2. The van der Waals surface area contributed by atoms with Crippen LogP contribution in [0.2, 0.25) is 0 Å². The first-order valence-corrected chi connectivity index (χ1v) is 4.70. The van der Waals surface area contributed by atoms with Gasteiger partial charge in [0.1, 0.15) is 6.61 Å². The Balaban J connectivity index is 2.17. The molecule has 0 aliphatic carbocycles. The minimum absolute atomic E-state index is 0.446. The maximum Gasteiger partial charge on any atom is 0.282 e. The number of rotatable bonds is 6. The molecule has 0 aliphatic heterocycles. The lowest BCUT2D eigenvalue weighted by Crippen LogP contribution is -2.36. The zero-order valence-electron chi connectivity index (χ0n) is 8.58. The maximum absolute atomic E-state index is 12.6. The summed E-state index contributed by atoms with van der Waals surface area (Å²) in [5.41, 5.74) is 0.998. The number of hydrogen-bond acceptors (Lipinski definition) is 3. The van der Waals surface area contributed by atoms with Crippen molar-refractivity contribution in [2.75, 3.05) is 19.7 Å². The number of aliphatic hydroxyl groups is 1. The van der Waals surface area contributed by atoms with E-state index in [2.05, 4.69) is 10.4 Å². The molecular weight excluding hydrogens is 204 g/mol. The molecule has 1 heterocycles. The Morgan fingerprint density at radius 3 is 2.87 bits per heavy atom. The van der Waals surface area contributed by atoms with E-state index in [0.717, 1.165) is 5.56 Å². The van der Waals surface area contributed by atoms with E-state index in [1.54, 1.807) is 17.9 Å². The first kappa shape index (κ1) is 12.1. The Kier molecular flexibility index (Phi) is 4.16. The molecule has 0 unspecified atom stereocenters. The van der Waals surface area contributed by atoms with Crippen molar-refractivity contribution >= 4 is 0 Å². The Bertz CT molecular complexity index is 301. The molecule has 0 saturated heterocycles. The minimum Gasteiger partial charge on any atom is -0.390 e. The van der Waals surface area contributed by atoms with Gasteiger partial charge in [0, 0.05) is 13.2 Å². The van der Waals surface area contributed by atoms with Crippen molar-refractivity contribution in [3.8, 4) is 0 Å². The predicted molar refractivity (Wildman–Crippen MR) is 51.8 cm³/mol. The second-order valence-electron chi connectivity index (χ2n) is 3.46. The van der Waals surface area contributed by atoms with E-state index >= 15 is 0 Å². The molecule has 0 atom stereocenters. The van der Waals surface area contributed by atoms with Gasteiger partial charge in [-0.1, -0.05) is 0 Å². The minimum atomic E-state index is -3.03. The van der Waals surface area contributed by atoms with Crippen LogP contribution in [0.1, 0.15) is 5.56 Å². The van der Waals surface area contributed by atoms with E-state index in [1.807, 2.05) is 6.20 Å². The van der Waals surface area contributed by atoms with Gasteiger partial charge in [0.15, 0.2) is 0 Å². The molecule has 1 aromatic rings. The zero-order valence-corrected chi connectivity index (χ0v) is 8.58. The van der Waals surface area contributed by atoms with Gasteiger partial charge >= 0.3 is 0 Å². The lowest BCUT2D eigenvalue weighted by molar-refractivity contribution is -0.0473. The fraction of sp³-hybridized carbons (Fsp3) is 0.667. The van der Waals surface area contributed by atoms with Crippen LogP contribution in [0.5, 0.6) is 0 Å². The molecule has 6 heteroatoms. The molecule has 1 aromatic heterocycles. The second kappa shape index (κ2) is 5.18. The summed E-state index contributed by atoms with van der Waals surface area (Å²) in [6.45, 7) is -1.17. The van der Waals surface area contributed by atoms with Crippen molar-refractivity contribution in [3.63, 3.8) is 0 Å². The van der Waals surface area contributed by atoms with Gasteiger partial charge in [-0.2, -0.15) is 5.10 Å². The second-order valence-corrected chi connectivity index (χ2v) is 3.46. The topological polar surface area (TPSA) is 50.1 Å². The lowest BCUT2D eigenvalue weighted by Gasteiger charge is -2.13. The molecule has 0 radical (unpaired) electrons. The Morgan fingerprint density at radius 2 is 2.33 bits per heavy atom. The summed E-state index contributed by atoms with van der Waals surface area (Å²) < 4.78 is 26.8. The Morgan fingerprint density at radius 1 is 1.60 bits per heavy atom. The third kappa shape index (κ3) is 4.35. The number of alkyl halides is 2. The molecule has 0 amide bonds. The highest BCUT2D eigenvalue weighted by atomic mass is 19.3. The fourth-order valence-electron chi connectivity index (χ4n) is 1.16. The van der Waals surface area contributed by atoms with E-state index in [-0.39, 0.29) is 0 Å². The average molecular weight is 219 g/mol. The first-order chi connectivity index (χ1) is 7.03. The highest BCUT2D eigenvalue weighted by molar-refractivity contribution is 5.03. The van der Waals surface area contributed by atoms with Crippen LogP contribution in [0.4, 0.5) is 8.78 Å². The third-order valence-corrected chi connectivity index (χ3v) is 1.96. The van der Waals surface area contributed by atoms with Crippen molar-refractivity contribution in [3.05, 3.63) is 18.0 Å². The van der Waals surface area contributed by atoms with Crippen molar-refractivity contribution in [1.29, 1.82) is 0 Å². The van der Waals surface area contributed by atoms with Crippen LogP contribution in [0, 0.1) is 0 Å². The molecule has 0 spiro atoms. The van der Waals surface area contributed by atoms with Crippen molar-refractivity contribution in [2.45, 2.75) is 12.3 Å². The van der Waals surface area contributed by atoms with Crippen LogP contribution in [-0.4, -0.2) is 40.5 Å². The van der Waals surface area contributed by atoms with Crippen LogP contribution in [-0.2, 0) is 13.5 Å². The molecule has 4 nitrogen and oxygen atoms in total. The van der Waals surface area contributed by atoms with Gasteiger partial charge in [-0.3, -0.25) is 4.68 Å². The monoisotopic (exact) mass is 219 g/mol. The summed E-state index contributed by atoms with van der Waals surface area (Å²) in [5.74, 6) is -3.03. The number of nitrogens with one attached hydrogen (secondary N) is 1. The number of aliphatic hydroxyl groups excluding tert-OH is 1. The maximum atomic E-state index is 12.6. The molecule has 0 saturated carbocycles. The molecule has 0 aliphatic rings. The van der Waals surface area contributed by atoms with Gasteiger partial charge in [-0.05, 0) is 18.5 Å². The van der Waals surface area contributed by atoms with Gasteiger partial charge in [0.2, 0.25) is 0 Å². The summed E-state index contributed by atoms with van der Waals surface area (Å²) in [6.07, 6.45) is 4.19. The summed E-state index contributed by atoms with van der Waals surface area (Å²) in [7, 11) is 1.80. The van der Waals surface area contributed by atoms with Gasteiger partial charge in [-0.25, -0.2) is 8.78 Å². The van der Waals surface area contributed by atoms with Crippen molar-refractivity contribution in [1.82, 2.24) is 15.1 Å². The van der Waals surface area contributed by atoms with Crippen LogP contribution >= 0.6 is 0 Å². The van der Waals surface area contributed by atoms with E-state index in [9.17, 15) is 8.78 Å². The van der Waals surface area contributed by atoms with Gasteiger partial charge in [-0.15, -0.1) is 0 Å².